The smallest absolute Gasteiger partial charge is 0.339 e. The Bertz CT molecular complexity index is 1080. The van der Waals surface area contributed by atoms with Crippen LogP contribution >= 0.6 is 0 Å². The SMILES string of the molecule is COC(=O)CC(c1ccc(OS(=O)(=O)c2ccccc2)cc1)C(N)Cc1ccccc1. The van der Waals surface area contributed by atoms with Crippen molar-refractivity contribution in [3.8, 4) is 5.75 Å². The van der Waals surface area contributed by atoms with Crippen LogP contribution in [0.5, 0.6) is 5.75 Å². The number of carbonyl (C=O) groups is 1. The summed E-state index contributed by atoms with van der Waals surface area (Å²) in [5.41, 5.74) is 8.34. The quantitative estimate of drug-likeness (QED) is 0.404. The van der Waals surface area contributed by atoms with Crippen LogP contribution in [0.15, 0.2) is 89.8 Å². The molecule has 6 nitrogen and oxygen atoms in total. The number of methoxy groups -OCH3 is 1. The number of rotatable bonds is 9. The summed E-state index contributed by atoms with van der Waals surface area (Å²) in [6.45, 7) is 0. The summed E-state index contributed by atoms with van der Waals surface area (Å²) in [5, 5.41) is 0. The molecule has 0 saturated carbocycles. The van der Waals surface area contributed by atoms with Gasteiger partial charge in [0, 0.05) is 12.0 Å². The fourth-order valence-corrected chi connectivity index (χ4v) is 4.29. The maximum Gasteiger partial charge on any atom is 0.339 e. The van der Waals surface area contributed by atoms with Crippen molar-refractivity contribution in [1.82, 2.24) is 0 Å². The monoisotopic (exact) mass is 439 g/mol. The van der Waals surface area contributed by atoms with Crippen LogP contribution in [-0.2, 0) is 26.1 Å². The predicted octanol–water partition coefficient (Wildman–Crippen LogP) is 3.67. The first-order valence-corrected chi connectivity index (χ1v) is 11.3. The summed E-state index contributed by atoms with van der Waals surface area (Å²) < 4.78 is 34.9. The van der Waals surface area contributed by atoms with Crippen molar-refractivity contribution in [2.45, 2.75) is 29.7 Å². The van der Waals surface area contributed by atoms with E-state index < -0.39 is 10.1 Å². The van der Waals surface area contributed by atoms with Crippen molar-refractivity contribution >= 4 is 16.1 Å². The Balaban J connectivity index is 1.79. The zero-order chi connectivity index (χ0) is 22.3. The Morgan fingerprint density at radius 1 is 0.903 bits per heavy atom. The first kappa shape index (κ1) is 22.5. The lowest BCUT2D eigenvalue weighted by molar-refractivity contribution is -0.141. The topological polar surface area (TPSA) is 95.7 Å². The van der Waals surface area contributed by atoms with Crippen LogP contribution in [0.2, 0.25) is 0 Å². The highest BCUT2D eigenvalue weighted by atomic mass is 32.2. The molecule has 0 aliphatic carbocycles. The van der Waals surface area contributed by atoms with Crippen LogP contribution in [0.1, 0.15) is 23.5 Å². The molecule has 31 heavy (non-hydrogen) atoms. The number of nitrogens with two attached hydrogens (primary N) is 1. The highest BCUT2D eigenvalue weighted by Crippen LogP contribution is 2.28. The molecule has 2 atom stereocenters. The van der Waals surface area contributed by atoms with Gasteiger partial charge in [0.25, 0.3) is 0 Å². The van der Waals surface area contributed by atoms with E-state index in [1.807, 2.05) is 30.3 Å². The fraction of sp³-hybridized carbons (Fsp3) is 0.208. The van der Waals surface area contributed by atoms with E-state index in [2.05, 4.69) is 0 Å². The standard InChI is InChI=1S/C24H25NO5S/c1-29-24(26)17-22(23(25)16-18-8-4-2-5-9-18)19-12-14-20(15-13-19)30-31(27,28)21-10-6-3-7-11-21/h2-15,22-23H,16-17,25H2,1H3. The van der Waals surface area contributed by atoms with Gasteiger partial charge in [-0.05, 0) is 41.8 Å². The van der Waals surface area contributed by atoms with E-state index in [9.17, 15) is 13.2 Å². The van der Waals surface area contributed by atoms with Crippen LogP contribution < -0.4 is 9.92 Å². The summed E-state index contributed by atoms with van der Waals surface area (Å²) >= 11 is 0. The van der Waals surface area contributed by atoms with E-state index in [1.54, 1.807) is 42.5 Å². The Morgan fingerprint density at radius 3 is 2.06 bits per heavy atom. The second-order valence-electron chi connectivity index (χ2n) is 7.16. The molecule has 0 heterocycles. The number of benzene rings is 3. The van der Waals surface area contributed by atoms with Gasteiger partial charge in [0.05, 0.1) is 13.5 Å². The molecule has 2 N–H and O–H groups in total. The molecule has 0 bridgehead atoms. The molecule has 3 aromatic rings. The summed E-state index contributed by atoms with van der Waals surface area (Å²) in [4.78, 5) is 12.1. The third-order valence-corrected chi connectivity index (χ3v) is 6.25. The van der Waals surface area contributed by atoms with Gasteiger partial charge in [-0.25, -0.2) is 0 Å². The minimum Gasteiger partial charge on any atom is -0.469 e. The predicted molar refractivity (Wildman–Crippen MR) is 118 cm³/mol. The molecule has 3 aromatic carbocycles. The molecule has 162 valence electrons. The average Bonchev–Trinajstić information content (AvgIpc) is 2.79. The summed E-state index contributed by atoms with van der Waals surface area (Å²) in [7, 11) is -2.58. The van der Waals surface area contributed by atoms with Crippen LogP contribution in [0.25, 0.3) is 0 Å². The van der Waals surface area contributed by atoms with E-state index in [0.29, 0.717) is 6.42 Å². The number of ether oxygens (including phenoxy) is 1. The van der Waals surface area contributed by atoms with Crippen molar-refractivity contribution < 1.29 is 22.1 Å². The molecule has 0 spiro atoms. The van der Waals surface area contributed by atoms with E-state index >= 15 is 0 Å². The van der Waals surface area contributed by atoms with E-state index in [0.717, 1.165) is 11.1 Å². The first-order chi connectivity index (χ1) is 14.9. The van der Waals surface area contributed by atoms with Crippen molar-refractivity contribution in [3.63, 3.8) is 0 Å². The molecule has 7 heteroatoms. The number of hydrogen-bond acceptors (Lipinski definition) is 6. The largest absolute Gasteiger partial charge is 0.469 e. The van der Waals surface area contributed by atoms with Crippen LogP contribution in [0, 0.1) is 0 Å². The van der Waals surface area contributed by atoms with Crippen molar-refractivity contribution in [3.05, 3.63) is 96.1 Å². The van der Waals surface area contributed by atoms with Crippen molar-refractivity contribution in [1.29, 1.82) is 0 Å². The minimum absolute atomic E-state index is 0.0764. The van der Waals surface area contributed by atoms with Gasteiger partial charge in [0.15, 0.2) is 0 Å². The fourth-order valence-electron chi connectivity index (χ4n) is 3.34. The lowest BCUT2D eigenvalue weighted by atomic mass is 9.85. The van der Waals surface area contributed by atoms with Gasteiger partial charge in [0.2, 0.25) is 0 Å². The summed E-state index contributed by atoms with van der Waals surface area (Å²) in [5.74, 6) is -0.478. The molecular formula is C24H25NO5S. The molecule has 0 fully saturated rings. The highest BCUT2D eigenvalue weighted by molar-refractivity contribution is 7.87. The zero-order valence-electron chi connectivity index (χ0n) is 17.2. The Hall–Kier alpha value is -3.16. The van der Waals surface area contributed by atoms with Gasteiger partial charge in [-0.3, -0.25) is 4.79 Å². The third kappa shape index (κ3) is 6.16. The third-order valence-electron chi connectivity index (χ3n) is 4.99. The van der Waals surface area contributed by atoms with Crippen LogP contribution in [-0.4, -0.2) is 27.5 Å². The van der Waals surface area contributed by atoms with Gasteiger partial charge >= 0.3 is 16.1 Å². The number of hydrogen-bond donors (Lipinski definition) is 1. The summed E-state index contributed by atoms with van der Waals surface area (Å²) in [6, 6.07) is 24.0. The molecule has 0 radical (unpaired) electrons. The second kappa shape index (κ2) is 10.2. The Morgan fingerprint density at radius 2 is 1.48 bits per heavy atom. The van der Waals surface area contributed by atoms with E-state index in [1.165, 1.54) is 19.2 Å². The van der Waals surface area contributed by atoms with Gasteiger partial charge in [-0.1, -0.05) is 60.7 Å². The number of esters is 1. The van der Waals surface area contributed by atoms with E-state index in [4.69, 9.17) is 14.7 Å². The second-order valence-corrected chi connectivity index (χ2v) is 8.71. The lowest BCUT2D eigenvalue weighted by Gasteiger charge is -2.24. The minimum atomic E-state index is -3.93. The molecule has 0 saturated heterocycles. The normalized spacial score (nSPS) is 13.2. The van der Waals surface area contributed by atoms with E-state index in [-0.39, 0.29) is 35.0 Å². The first-order valence-electron chi connectivity index (χ1n) is 9.85. The van der Waals surface area contributed by atoms with Gasteiger partial charge in [0.1, 0.15) is 10.6 Å². The molecule has 0 aliphatic heterocycles. The zero-order valence-corrected chi connectivity index (χ0v) is 18.0. The van der Waals surface area contributed by atoms with Gasteiger partial charge < -0.3 is 14.7 Å². The maximum absolute atomic E-state index is 12.4. The van der Waals surface area contributed by atoms with Crippen LogP contribution in [0.4, 0.5) is 0 Å². The van der Waals surface area contributed by atoms with Crippen molar-refractivity contribution in [2.75, 3.05) is 7.11 Å². The number of carbonyl (C=O) groups excluding carboxylic acids is 1. The Labute approximate surface area is 182 Å². The molecule has 0 aliphatic rings. The summed E-state index contributed by atoms with van der Waals surface area (Å²) in [6.07, 6.45) is 0.705. The lowest BCUT2D eigenvalue weighted by Crippen LogP contribution is -2.32. The average molecular weight is 440 g/mol. The molecule has 2 unspecified atom stereocenters. The van der Waals surface area contributed by atoms with Gasteiger partial charge in [-0.15, -0.1) is 0 Å². The Kier molecular flexibility index (Phi) is 7.44. The maximum atomic E-state index is 12.4. The van der Waals surface area contributed by atoms with Crippen LogP contribution in [0.3, 0.4) is 0 Å². The van der Waals surface area contributed by atoms with Crippen molar-refractivity contribution in [2.24, 2.45) is 5.73 Å². The highest BCUT2D eigenvalue weighted by Gasteiger charge is 2.24. The molecule has 0 amide bonds. The molecular weight excluding hydrogens is 414 g/mol. The molecule has 3 rings (SSSR count). The molecule has 0 aromatic heterocycles. The van der Waals surface area contributed by atoms with Gasteiger partial charge in [-0.2, -0.15) is 8.42 Å².